The molecule has 0 aromatic heterocycles. The van der Waals surface area contributed by atoms with E-state index in [0.717, 1.165) is 10.9 Å². The Morgan fingerprint density at radius 1 is 1.00 bits per heavy atom. The Morgan fingerprint density at radius 3 is 2.53 bits per heavy atom. The molecule has 0 amide bonds. The molecule has 1 aliphatic rings. The predicted octanol–water partition coefficient (Wildman–Crippen LogP) is 4.11. The summed E-state index contributed by atoms with van der Waals surface area (Å²) in [4.78, 5) is 0. The molecule has 1 saturated heterocycles. The molecule has 0 saturated carbocycles. The maximum atomic E-state index is 5.96. The van der Waals surface area contributed by atoms with Gasteiger partial charge in [-0.05, 0) is 17.2 Å². The Kier molecular flexibility index (Phi) is 3.97. The van der Waals surface area contributed by atoms with Crippen LogP contribution in [0.4, 0.5) is 0 Å². The van der Waals surface area contributed by atoms with Crippen LogP contribution in [-0.2, 0) is 15.9 Å². The molecule has 2 aromatic carbocycles. The zero-order chi connectivity index (χ0) is 13.1. The quantitative estimate of drug-likeness (QED) is 0.848. The van der Waals surface area contributed by atoms with E-state index in [1.807, 2.05) is 36.4 Å². The van der Waals surface area contributed by atoms with E-state index in [4.69, 9.17) is 9.47 Å². The van der Waals surface area contributed by atoms with Crippen LogP contribution >= 0.6 is 15.9 Å². The monoisotopic (exact) mass is 318 g/mol. The van der Waals surface area contributed by atoms with E-state index in [1.54, 1.807) is 0 Å². The van der Waals surface area contributed by atoms with Crippen LogP contribution in [0.2, 0.25) is 0 Å². The molecule has 0 radical (unpaired) electrons. The molecule has 0 spiro atoms. The molecule has 1 heterocycles. The molecule has 1 aliphatic heterocycles. The topological polar surface area (TPSA) is 18.5 Å². The van der Waals surface area contributed by atoms with Gasteiger partial charge in [0.15, 0.2) is 6.29 Å². The van der Waals surface area contributed by atoms with Crippen molar-refractivity contribution < 1.29 is 9.47 Å². The summed E-state index contributed by atoms with van der Waals surface area (Å²) >= 11 is 3.55. The minimum atomic E-state index is -0.163. The summed E-state index contributed by atoms with van der Waals surface area (Å²) in [6.45, 7) is 0.624. The highest BCUT2D eigenvalue weighted by atomic mass is 79.9. The Hall–Kier alpha value is -1.16. The average molecular weight is 319 g/mol. The number of benzene rings is 2. The Balaban J connectivity index is 1.65. The third kappa shape index (κ3) is 3.06. The minimum absolute atomic E-state index is 0.0497. The van der Waals surface area contributed by atoms with Gasteiger partial charge in [-0.2, -0.15) is 0 Å². The Bertz CT molecular complexity index is 541. The standard InChI is InChI=1S/C16H15BrO2/c17-14-9-5-4-8-13(14)10-16-18-11-15(19-16)12-6-2-1-3-7-12/h1-9,15-16H,10-11H2/t15-,16+/m0/s1. The molecule has 98 valence electrons. The van der Waals surface area contributed by atoms with Crippen LogP contribution in [0.1, 0.15) is 17.2 Å². The molecular formula is C16H15BrO2. The van der Waals surface area contributed by atoms with Gasteiger partial charge >= 0.3 is 0 Å². The number of ether oxygens (including phenoxy) is 2. The normalized spacial score (nSPS) is 22.6. The van der Waals surface area contributed by atoms with E-state index in [9.17, 15) is 0 Å². The van der Waals surface area contributed by atoms with E-state index in [0.29, 0.717) is 6.61 Å². The van der Waals surface area contributed by atoms with Crippen molar-refractivity contribution in [1.82, 2.24) is 0 Å². The average Bonchev–Trinajstić information content (AvgIpc) is 2.91. The second-order valence-corrected chi connectivity index (χ2v) is 5.45. The van der Waals surface area contributed by atoms with Crippen molar-refractivity contribution in [2.24, 2.45) is 0 Å². The second kappa shape index (κ2) is 5.87. The van der Waals surface area contributed by atoms with Gasteiger partial charge in [-0.15, -0.1) is 0 Å². The van der Waals surface area contributed by atoms with Gasteiger partial charge in [0.05, 0.1) is 6.61 Å². The fourth-order valence-corrected chi connectivity index (χ4v) is 2.70. The summed E-state index contributed by atoms with van der Waals surface area (Å²) in [6.07, 6.45) is 0.655. The number of halogens is 1. The summed E-state index contributed by atoms with van der Waals surface area (Å²) in [5.74, 6) is 0. The molecule has 2 aromatic rings. The van der Waals surface area contributed by atoms with Crippen molar-refractivity contribution in [2.75, 3.05) is 6.61 Å². The smallest absolute Gasteiger partial charge is 0.162 e. The molecule has 1 fully saturated rings. The zero-order valence-corrected chi connectivity index (χ0v) is 12.0. The highest BCUT2D eigenvalue weighted by Crippen LogP contribution is 2.29. The second-order valence-electron chi connectivity index (χ2n) is 4.59. The summed E-state index contributed by atoms with van der Waals surface area (Å²) in [6, 6.07) is 18.4. The van der Waals surface area contributed by atoms with E-state index < -0.39 is 0 Å². The number of rotatable bonds is 3. The van der Waals surface area contributed by atoms with Gasteiger partial charge in [-0.1, -0.05) is 64.5 Å². The lowest BCUT2D eigenvalue weighted by Crippen LogP contribution is -2.12. The Morgan fingerprint density at radius 2 is 1.74 bits per heavy atom. The summed E-state index contributed by atoms with van der Waals surface area (Å²) < 4.78 is 12.8. The van der Waals surface area contributed by atoms with E-state index in [-0.39, 0.29) is 12.4 Å². The van der Waals surface area contributed by atoms with Crippen molar-refractivity contribution >= 4 is 15.9 Å². The van der Waals surface area contributed by atoms with Gasteiger partial charge < -0.3 is 9.47 Å². The van der Waals surface area contributed by atoms with Gasteiger partial charge in [0.1, 0.15) is 6.10 Å². The predicted molar refractivity (Wildman–Crippen MR) is 77.9 cm³/mol. The lowest BCUT2D eigenvalue weighted by atomic mass is 10.1. The minimum Gasteiger partial charge on any atom is -0.349 e. The molecule has 2 atom stereocenters. The fourth-order valence-electron chi connectivity index (χ4n) is 2.25. The lowest BCUT2D eigenvalue weighted by Gasteiger charge is -2.12. The number of hydrogen-bond donors (Lipinski definition) is 0. The highest BCUT2D eigenvalue weighted by Gasteiger charge is 2.27. The maximum absolute atomic E-state index is 5.96. The first kappa shape index (κ1) is 12.9. The number of hydrogen-bond acceptors (Lipinski definition) is 2. The first-order valence-electron chi connectivity index (χ1n) is 6.38. The van der Waals surface area contributed by atoms with E-state index >= 15 is 0 Å². The van der Waals surface area contributed by atoms with Crippen molar-refractivity contribution in [3.63, 3.8) is 0 Å². The largest absolute Gasteiger partial charge is 0.349 e. The maximum Gasteiger partial charge on any atom is 0.162 e. The van der Waals surface area contributed by atoms with Gasteiger partial charge in [0.2, 0.25) is 0 Å². The SMILES string of the molecule is Brc1ccccc1C[C@@H]1OC[C@@H](c2ccccc2)O1. The highest BCUT2D eigenvalue weighted by molar-refractivity contribution is 9.10. The van der Waals surface area contributed by atoms with Gasteiger partial charge in [0, 0.05) is 10.9 Å². The van der Waals surface area contributed by atoms with Crippen LogP contribution in [-0.4, -0.2) is 12.9 Å². The first-order chi connectivity index (χ1) is 9.33. The van der Waals surface area contributed by atoms with Crippen LogP contribution in [0.25, 0.3) is 0 Å². The van der Waals surface area contributed by atoms with Crippen molar-refractivity contribution in [3.05, 3.63) is 70.2 Å². The third-order valence-electron chi connectivity index (χ3n) is 3.27. The molecule has 3 heteroatoms. The van der Waals surface area contributed by atoms with Crippen molar-refractivity contribution in [3.8, 4) is 0 Å². The van der Waals surface area contributed by atoms with Crippen LogP contribution in [0.15, 0.2) is 59.1 Å². The molecular weight excluding hydrogens is 304 g/mol. The fraction of sp³-hybridized carbons (Fsp3) is 0.250. The van der Waals surface area contributed by atoms with Crippen LogP contribution in [0.3, 0.4) is 0 Å². The molecule has 2 nitrogen and oxygen atoms in total. The lowest BCUT2D eigenvalue weighted by molar-refractivity contribution is -0.0564. The van der Waals surface area contributed by atoms with Gasteiger partial charge in [-0.3, -0.25) is 0 Å². The molecule has 19 heavy (non-hydrogen) atoms. The van der Waals surface area contributed by atoms with Crippen LogP contribution in [0, 0.1) is 0 Å². The molecule has 0 bridgehead atoms. The summed E-state index contributed by atoms with van der Waals surface area (Å²) in [5, 5.41) is 0. The van der Waals surface area contributed by atoms with Crippen LogP contribution in [0.5, 0.6) is 0 Å². The van der Waals surface area contributed by atoms with E-state index in [2.05, 4.69) is 34.1 Å². The van der Waals surface area contributed by atoms with Crippen LogP contribution < -0.4 is 0 Å². The molecule has 3 rings (SSSR count). The summed E-state index contributed by atoms with van der Waals surface area (Å²) in [5.41, 5.74) is 2.39. The molecule has 0 aliphatic carbocycles. The third-order valence-corrected chi connectivity index (χ3v) is 4.04. The van der Waals surface area contributed by atoms with Gasteiger partial charge in [0.25, 0.3) is 0 Å². The van der Waals surface area contributed by atoms with Crippen molar-refractivity contribution in [2.45, 2.75) is 18.8 Å². The van der Waals surface area contributed by atoms with Crippen molar-refractivity contribution in [1.29, 1.82) is 0 Å². The molecule has 0 N–H and O–H groups in total. The van der Waals surface area contributed by atoms with E-state index in [1.165, 1.54) is 11.1 Å². The molecule has 0 unspecified atom stereocenters. The zero-order valence-electron chi connectivity index (χ0n) is 10.5. The van der Waals surface area contributed by atoms with Gasteiger partial charge in [-0.25, -0.2) is 0 Å². The summed E-state index contributed by atoms with van der Waals surface area (Å²) in [7, 11) is 0. The Labute approximate surface area is 121 Å². The first-order valence-corrected chi connectivity index (χ1v) is 7.17.